The van der Waals surface area contributed by atoms with E-state index in [1.54, 1.807) is 24.3 Å². The van der Waals surface area contributed by atoms with Crippen LogP contribution in [0.3, 0.4) is 0 Å². The molecule has 0 aliphatic heterocycles. The van der Waals surface area contributed by atoms with E-state index in [4.69, 9.17) is 9.47 Å². The molecule has 10 heteroatoms. The minimum absolute atomic E-state index is 0.00624. The lowest BCUT2D eigenvalue weighted by molar-refractivity contribution is -0.140. The van der Waals surface area contributed by atoms with E-state index in [0.29, 0.717) is 12.3 Å². The van der Waals surface area contributed by atoms with Crippen LogP contribution in [0.1, 0.15) is 36.1 Å². The lowest BCUT2D eigenvalue weighted by Crippen LogP contribution is -2.53. The summed E-state index contributed by atoms with van der Waals surface area (Å²) in [5, 5.41) is 3.02. The van der Waals surface area contributed by atoms with Gasteiger partial charge in [0.2, 0.25) is 11.8 Å². The van der Waals surface area contributed by atoms with Crippen LogP contribution < -0.4 is 19.1 Å². The lowest BCUT2D eigenvalue weighted by atomic mass is 10.0. The van der Waals surface area contributed by atoms with Gasteiger partial charge in [-0.15, -0.1) is 0 Å². The molecule has 0 unspecified atom stereocenters. The van der Waals surface area contributed by atoms with Crippen LogP contribution in [-0.4, -0.2) is 58.5 Å². The molecule has 4 aromatic carbocycles. The van der Waals surface area contributed by atoms with Gasteiger partial charge in [-0.05, 0) is 60.7 Å². The fraction of sp³-hybridized carbons (Fsp3) is 0.316. The monoisotopic (exact) mass is 671 g/mol. The van der Waals surface area contributed by atoms with Crippen molar-refractivity contribution in [2.75, 3.05) is 31.6 Å². The molecule has 4 aromatic rings. The summed E-state index contributed by atoms with van der Waals surface area (Å²) in [6.07, 6.45) is 0.232. The Labute approximate surface area is 284 Å². The van der Waals surface area contributed by atoms with E-state index in [1.807, 2.05) is 82.3 Å². The van der Waals surface area contributed by atoms with Crippen molar-refractivity contribution in [3.05, 3.63) is 119 Å². The number of sulfonamides is 1. The Kier molecular flexibility index (Phi) is 12.2. The van der Waals surface area contributed by atoms with Gasteiger partial charge in [0.25, 0.3) is 10.0 Å². The van der Waals surface area contributed by atoms with E-state index in [1.165, 1.54) is 37.3 Å². The molecule has 2 amide bonds. The van der Waals surface area contributed by atoms with Crippen LogP contribution in [0.2, 0.25) is 0 Å². The van der Waals surface area contributed by atoms with Crippen LogP contribution in [0, 0.1) is 19.8 Å². The van der Waals surface area contributed by atoms with Crippen molar-refractivity contribution in [3.8, 4) is 11.5 Å². The second-order valence-electron chi connectivity index (χ2n) is 12.2. The molecule has 0 aliphatic carbocycles. The average molecular weight is 672 g/mol. The molecule has 48 heavy (non-hydrogen) atoms. The van der Waals surface area contributed by atoms with E-state index < -0.39 is 28.5 Å². The van der Waals surface area contributed by atoms with E-state index in [-0.39, 0.29) is 41.1 Å². The van der Waals surface area contributed by atoms with Crippen LogP contribution >= 0.6 is 0 Å². The summed E-state index contributed by atoms with van der Waals surface area (Å²) >= 11 is 0. The van der Waals surface area contributed by atoms with Gasteiger partial charge in [-0.2, -0.15) is 0 Å². The van der Waals surface area contributed by atoms with Crippen molar-refractivity contribution in [3.63, 3.8) is 0 Å². The molecule has 0 aromatic heterocycles. The van der Waals surface area contributed by atoms with Crippen molar-refractivity contribution in [2.24, 2.45) is 5.92 Å². The molecule has 0 heterocycles. The largest absolute Gasteiger partial charge is 0.497 e. The Bertz CT molecular complexity index is 1790. The first kappa shape index (κ1) is 36.0. The van der Waals surface area contributed by atoms with E-state index in [9.17, 15) is 18.0 Å². The number of benzene rings is 4. The summed E-state index contributed by atoms with van der Waals surface area (Å²) in [6.45, 7) is 7.71. The number of hydrogen-bond donors (Lipinski definition) is 1. The van der Waals surface area contributed by atoms with Crippen molar-refractivity contribution >= 4 is 27.5 Å². The Morgan fingerprint density at radius 1 is 0.833 bits per heavy atom. The van der Waals surface area contributed by atoms with Gasteiger partial charge in [-0.1, -0.05) is 86.1 Å². The van der Waals surface area contributed by atoms with Crippen molar-refractivity contribution in [1.82, 2.24) is 10.2 Å². The highest BCUT2D eigenvalue weighted by atomic mass is 32.2. The van der Waals surface area contributed by atoms with Crippen LogP contribution in [0.25, 0.3) is 0 Å². The van der Waals surface area contributed by atoms with Gasteiger partial charge in [-0.25, -0.2) is 8.42 Å². The summed E-state index contributed by atoms with van der Waals surface area (Å²) in [5.74, 6) is -0.0715. The fourth-order valence-corrected chi connectivity index (χ4v) is 6.71. The molecular weight excluding hydrogens is 627 g/mol. The highest BCUT2D eigenvalue weighted by Crippen LogP contribution is 2.36. The predicted molar refractivity (Wildman–Crippen MR) is 189 cm³/mol. The predicted octanol–water partition coefficient (Wildman–Crippen LogP) is 5.93. The molecule has 1 atom stereocenters. The Morgan fingerprint density at radius 2 is 1.50 bits per heavy atom. The number of carbonyl (C=O) groups excluding carboxylic acids is 2. The smallest absolute Gasteiger partial charge is 0.264 e. The highest BCUT2D eigenvalue weighted by molar-refractivity contribution is 7.92. The highest BCUT2D eigenvalue weighted by Gasteiger charge is 2.36. The third-order valence-electron chi connectivity index (χ3n) is 8.10. The van der Waals surface area contributed by atoms with Gasteiger partial charge in [-0.3, -0.25) is 13.9 Å². The third kappa shape index (κ3) is 8.95. The summed E-state index contributed by atoms with van der Waals surface area (Å²) in [5.41, 5.74) is 3.66. The maximum atomic E-state index is 14.8. The number of rotatable bonds is 15. The molecule has 0 bridgehead atoms. The third-order valence-corrected chi connectivity index (χ3v) is 9.87. The number of ether oxygens (including phenoxy) is 2. The van der Waals surface area contributed by atoms with Crippen molar-refractivity contribution in [1.29, 1.82) is 0 Å². The maximum Gasteiger partial charge on any atom is 0.264 e. The normalized spacial score (nSPS) is 11.9. The number of methoxy groups -OCH3 is 2. The number of aryl methyl sites for hydroxylation is 2. The first-order chi connectivity index (χ1) is 22.9. The van der Waals surface area contributed by atoms with Gasteiger partial charge in [0, 0.05) is 25.6 Å². The van der Waals surface area contributed by atoms with Gasteiger partial charge in [0.1, 0.15) is 24.1 Å². The summed E-state index contributed by atoms with van der Waals surface area (Å²) < 4.78 is 40.9. The Balaban J connectivity index is 1.87. The minimum Gasteiger partial charge on any atom is -0.497 e. The average Bonchev–Trinajstić information content (AvgIpc) is 3.08. The van der Waals surface area contributed by atoms with Crippen LogP contribution in [0.5, 0.6) is 11.5 Å². The maximum absolute atomic E-state index is 14.8. The van der Waals surface area contributed by atoms with Crippen molar-refractivity contribution < 1.29 is 27.5 Å². The summed E-state index contributed by atoms with van der Waals surface area (Å²) in [4.78, 5) is 30.3. The lowest BCUT2D eigenvalue weighted by Gasteiger charge is -2.34. The summed E-state index contributed by atoms with van der Waals surface area (Å²) in [6, 6.07) is 27.4. The first-order valence-corrected chi connectivity index (χ1v) is 17.4. The van der Waals surface area contributed by atoms with Crippen molar-refractivity contribution in [2.45, 2.75) is 51.6 Å². The zero-order chi connectivity index (χ0) is 34.8. The second kappa shape index (κ2) is 16.3. The SMILES string of the molecule is COc1ccc(OC)c(N(CC(=O)N(Cc2ccccc2C)[C@@H](Cc2ccccc2)C(=O)NCC(C)C)S(=O)(=O)c2ccc(C)cc2)c1. The Morgan fingerprint density at radius 3 is 2.12 bits per heavy atom. The number of nitrogens with one attached hydrogen (secondary N) is 1. The van der Waals surface area contributed by atoms with Crippen LogP contribution in [0.15, 0.2) is 102 Å². The van der Waals surface area contributed by atoms with Crippen LogP contribution in [-0.2, 0) is 32.6 Å². The molecule has 254 valence electrons. The van der Waals surface area contributed by atoms with E-state index >= 15 is 0 Å². The Hall–Kier alpha value is -4.83. The van der Waals surface area contributed by atoms with Crippen LogP contribution in [0.4, 0.5) is 5.69 Å². The van der Waals surface area contributed by atoms with Gasteiger partial charge < -0.3 is 19.7 Å². The number of hydrogen-bond acceptors (Lipinski definition) is 6. The second-order valence-corrected chi connectivity index (χ2v) is 14.0. The van der Waals surface area contributed by atoms with Gasteiger partial charge >= 0.3 is 0 Å². The zero-order valence-electron chi connectivity index (χ0n) is 28.5. The molecule has 1 N–H and O–H groups in total. The number of amides is 2. The number of anilines is 1. The number of nitrogens with zero attached hydrogens (tertiary/aromatic N) is 2. The molecular formula is C38H45N3O6S. The van der Waals surface area contributed by atoms with Gasteiger partial charge in [0.15, 0.2) is 0 Å². The topological polar surface area (TPSA) is 105 Å². The number of carbonyl (C=O) groups is 2. The quantitative estimate of drug-likeness (QED) is 0.168. The molecule has 4 rings (SSSR count). The molecule has 0 aliphatic rings. The van der Waals surface area contributed by atoms with E-state index in [0.717, 1.165) is 26.6 Å². The first-order valence-electron chi connectivity index (χ1n) is 15.9. The molecule has 9 nitrogen and oxygen atoms in total. The van der Waals surface area contributed by atoms with E-state index in [2.05, 4.69) is 5.32 Å². The molecule has 0 spiro atoms. The fourth-order valence-electron chi connectivity index (χ4n) is 5.29. The standard InChI is InChI=1S/C38H45N3O6S/c1-27(2)24-39-38(43)35(22-30-13-8-7-9-14-30)40(25-31-15-11-10-12-29(31)4)37(42)26-41(34-23-32(46-5)18-21-36(34)47-6)48(44,45)33-19-16-28(3)17-20-33/h7-21,23,27,35H,22,24-26H2,1-6H3,(H,39,43)/t35-/m0/s1. The summed E-state index contributed by atoms with van der Waals surface area (Å²) in [7, 11) is -1.41. The zero-order valence-corrected chi connectivity index (χ0v) is 29.3. The minimum atomic E-state index is -4.31. The molecule has 0 saturated carbocycles. The molecule has 0 saturated heterocycles. The molecule has 0 fully saturated rings. The molecule has 0 radical (unpaired) electrons. The van der Waals surface area contributed by atoms with Gasteiger partial charge in [0.05, 0.1) is 24.8 Å².